The molecular weight excluding hydrogens is 234 g/mol. The highest BCUT2D eigenvalue weighted by Crippen LogP contribution is 2.19. The van der Waals surface area contributed by atoms with Gasteiger partial charge in [-0.05, 0) is 40.2 Å². The zero-order valence-corrected chi connectivity index (χ0v) is 11.4. The molecule has 0 saturated carbocycles. The molecule has 1 rings (SSSR count). The highest BCUT2D eigenvalue weighted by Gasteiger charge is 2.30. The van der Waals surface area contributed by atoms with E-state index in [-0.39, 0.29) is 18.6 Å². The Hall–Kier alpha value is -1.30. The van der Waals surface area contributed by atoms with Crippen LogP contribution in [0, 0.1) is 0 Å². The molecule has 6 nitrogen and oxygen atoms in total. The van der Waals surface area contributed by atoms with Gasteiger partial charge in [-0.1, -0.05) is 6.42 Å². The summed E-state index contributed by atoms with van der Waals surface area (Å²) in [4.78, 5) is 25.2. The smallest absolute Gasteiger partial charge is 0.426 e. The Balaban J connectivity index is 2.45. The second-order valence-electron chi connectivity index (χ2n) is 4.68. The number of hydrazine groups is 1. The number of piperidine rings is 1. The van der Waals surface area contributed by atoms with Crippen LogP contribution < -0.4 is 10.9 Å². The lowest BCUT2D eigenvalue weighted by molar-refractivity contribution is -0.129. The van der Waals surface area contributed by atoms with Crippen LogP contribution in [0.15, 0.2) is 0 Å². The van der Waals surface area contributed by atoms with Crippen LogP contribution in [-0.4, -0.2) is 42.1 Å². The maximum atomic E-state index is 12.0. The maximum absolute atomic E-state index is 12.0. The molecule has 18 heavy (non-hydrogen) atoms. The van der Waals surface area contributed by atoms with Crippen LogP contribution in [-0.2, 0) is 9.53 Å². The van der Waals surface area contributed by atoms with E-state index in [1.807, 2.05) is 0 Å². The Kier molecular flexibility index (Phi) is 5.91. The van der Waals surface area contributed by atoms with Crippen LogP contribution in [0.4, 0.5) is 4.79 Å². The Morgan fingerprint density at radius 2 is 2.06 bits per heavy atom. The minimum atomic E-state index is -0.627. The number of likely N-dealkylation sites (tertiary alicyclic amines) is 1. The average molecular weight is 257 g/mol. The van der Waals surface area contributed by atoms with Gasteiger partial charge in [-0.15, -0.1) is 0 Å². The predicted molar refractivity (Wildman–Crippen MR) is 67.8 cm³/mol. The van der Waals surface area contributed by atoms with Crippen LogP contribution in [0.1, 0.15) is 40.0 Å². The van der Waals surface area contributed by atoms with E-state index in [2.05, 4.69) is 34.3 Å². The highest BCUT2D eigenvalue weighted by molar-refractivity contribution is 5.83. The van der Waals surface area contributed by atoms with Crippen molar-refractivity contribution < 1.29 is 14.3 Å². The molecule has 0 aromatic carbocycles. The van der Waals surface area contributed by atoms with Gasteiger partial charge in [-0.2, -0.15) is 0 Å². The number of ether oxygens (including phenoxy) is 1. The minimum absolute atomic E-state index is 0.166. The van der Waals surface area contributed by atoms with Crippen LogP contribution >= 0.6 is 0 Å². The fourth-order valence-corrected chi connectivity index (χ4v) is 2.22. The average Bonchev–Trinajstić information content (AvgIpc) is 2.36. The number of nitrogens with one attached hydrogen (secondary N) is 2. The molecule has 1 atom stereocenters. The van der Waals surface area contributed by atoms with Gasteiger partial charge in [-0.3, -0.25) is 15.1 Å². The van der Waals surface area contributed by atoms with E-state index in [9.17, 15) is 9.59 Å². The van der Waals surface area contributed by atoms with Gasteiger partial charge >= 0.3 is 6.09 Å². The molecule has 1 fully saturated rings. The molecule has 2 N–H and O–H groups in total. The van der Waals surface area contributed by atoms with Gasteiger partial charge in [0.15, 0.2) is 0 Å². The summed E-state index contributed by atoms with van der Waals surface area (Å²) in [5.41, 5.74) is 4.67. The van der Waals surface area contributed by atoms with Crippen molar-refractivity contribution in [2.75, 3.05) is 13.2 Å². The van der Waals surface area contributed by atoms with E-state index < -0.39 is 6.09 Å². The molecule has 1 unspecified atom stereocenters. The second kappa shape index (κ2) is 7.20. The lowest BCUT2D eigenvalue weighted by Crippen LogP contribution is -2.55. The van der Waals surface area contributed by atoms with Gasteiger partial charge in [0.05, 0.1) is 12.6 Å². The van der Waals surface area contributed by atoms with Gasteiger partial charge in [0, 0.05) is 6.04 Å². The van der Waals surface area contributed by atoms with Crippen LogP contribution in [0.2, 0.25) is 0 Å². The van der Waals surface area contributed by atoms with Crippen molar-refractivity contribution in [1.29, 1.82) is 0 Å². The molecule has 0 spiro atoms. The number of nitrogens with zero attached hydrogens (tertiary/aromatic N) is 1. The number of carbonyl (C=O) groups excluding carboxylic acids is 2. The maximum Gasteiger partial charge on any atom is 0.426 e. The number of carbonyl (C=O) groups is 2. The lowest BCUT2D eigenvalue weighted by atomic mass is 10.00. The van der Waals surface area contributed by atoms with Crippen molar-refractivity contribution in [2.24, 2.45) is 0 Å². The molecule has 6 heteroatoms. The number of amides is 2. The Morgan fingerprint density at radius 1 is 1.33 bits per heavy atom. The summed E-state index contributed by atoms with van der Waals surface area (Å²) in [6.45, 7) is 7.07. The third-order valence-electron chi connectivity index (χ3n) is 3.07. The topological polar surface area (TPSA) is 70.7 Å². The van der Waals surface area contributed by atoms with E-state index >= 15 is 0 Å². The zero-order valence-electron chi connectivity index (χ0n) is 11.4. The molecule has 1 heterocycles. The number of rotatable bonds is 3. The molecule has 0 aromatic rings. The van der Waals surface area contributed by atoms with Crippen molar-refractivity contribution in [2.45, 2.75) is 52.1 Å². The first-order valence-corrected chi connectivity index (χ1v) is 6.54. The molecular formula is C12H23N3O3. The molecule has 0 aromatic heterocycles. The van der Waals surface area contributed by atoms with Crippen LogP contribution in [0.5, 0.6) is 0 Å². The highest BCUT2D eigenvalue weighted by atomic mass is 16.5. The fourth-order valence-electron chi connectivity index (χ4n) is 2.22. The van der Waals surface area contributed by atoms with E-state index in [1.165, 1.54) is 0 Å². The van der Waals surface area contributed by atoms with Crippen molar-refractivity contribution in [1.82, 2.24) is 15.8 Å². The first-order valence-electron chi connectivity index (χ1n) is 6.54. The van der Waals surface area contributed by atoms with Gasteiger partial charge in [0.25, 0.3) is 5.91 Å². The molecule has 1 saturated heterocycles. The van der Waals surface area contributed by atoms with E-state index in [4.69, 9.17) is 0 Å². The first kappa shape index (κ1) is 14.8. The van der Waals surface area contributed by atoms with Crippen molar-refractivity contribution in [3.63, 3.8) is 0 Å². The summed E-state index contributed by atoms with van der Waals surface area (Å²) in [5.74, 6) is -0.170. The van der Waals surface area contributed by atoms with Gasteiger partial charge < -0.3 is 4.74 Å². The predicted octanol–water partition coefficient (Wildman–Crippen LogP) is 1.03. The number of hydrogen-bond acceptors (Lipinski definition) is 4. The monoisotopic (exact) mass is 257 g/mol. The van der Waals surface area contributed by atoms with E-state index in [1.54, 1.807) is 6.92 Å². The number of hydrogen-bond donors (Lipinski definition) is 2. The third-order valence-corrected chi connectivity index (χ3v) is 3.07. The summed E-state index contributed by atoms with van der Waals surface area (Å²) in [6.07, 6.45) is 2.36. The Morgan fingerprint density at radius 3 is 2.67 bits per heavy atom. The molecule has 1 aliphatic rings. The molecule has 104 valence electrons. The zero-order chi connectivity index (χ0) is 13.5. The summed E-state index contributed by atoms with van der Waals surface area (Å²) in [7, 11) is 0. The molecule has 2 amide bonds. The largest absolute Gasteiger partial charge is 0.449 e. The molecule has 0 aliphatic carbocycles. The van der Waals surface area contributed by atoms with Crippen molar-refractivity contribution in [3.8, 4) is 0 Å². The van der Waals surface area contributed by atoms with Crippen LogP contribution in [0.25, 0.3) is 0 Å². The Labute approximate surface area is 108 Å². The molecule has 0 radical (unpaired) electrons. The van der Waals surface area contributed by atoms with Gasteiger partial charge in [-0.25, -0.2) is 10.2 Å². The van der Waals surface area contributed by atoms with E-state index in [0.29, 0.717) is 6.04 Å². The van der Waals surface area contributed by atoms with Gasteiger partial charge in [0.2, 0.25) is 0 Å². The Bertz CT molecular complexity index is 294. The SMILES string of the molecule is CCOC(=O)NNC(=O)C1CCCCN1C(C)C. The quantitative estimate of drug-likeness (QED) is 0.741. The summed E-state index contributed by atoms with van der Waals surface area (Å²) in [6, 6.07) is 0.157. The minimum Gasteiger partial charge on any atom is -0.449 e. The molecule has 1 aliphatic heterocycles. The van der Waals surface area contributed by atoms with Crippen molar-refractivity contribution >= 4 is 12.0 Å². The second-order valence-corrected chi connectivity index (χ2v) is 4.68. The first-order chi connectivity index (χ1) is 8.56. The van der Waals surface area contributed by atoms with Gasteiger partial charge in [0.1, 0.15) is 0 Å². The summed E-state index contributed by atoms with van der Waals surface area (Å²) >= 11 is 0. The molecule has 0 bridgehead atoms. The summed E-state index contributed by atoms with van der Waals surface area (Å²) in [5, 5.41) is 0. The third kappa shape index (κ3) is 4.18. The normalized spacial score (nSPS) is 20.6. The van der Waals surface area contributed by atoms with Crippen molar-refractivity contribution in [3.05, 3.63) is 0 Å². The van der Waals surface area contributed by atoms with Crippen LogP contribution in [0.3, 0.4) is 0 Å². The summed E-state index contributed by atoms with van der Waals surface area (Å²) < 4.78 is 4.68. The standard InChI is InChI=1S/C12H23N3O3/c1-4-18-12(17)14-13-11(16)10-7-5-6-8-15(10)9(2)3/h9-10H,4-8H2,1-3H3,(H,13,16)(H,14,17). The fraction of sp³-hybridized carbons (Fsp3) is 0.833. The van der Waals surface area contributed by atoms with E-state index in [0.717, 1.165) is 25.8 Å². The lowest BCUT2D eigenvalue weighted by Gasteiger charge is -2.37.